The molecule has 0 bridgehead atoms. The first-order valence-electron chi connectivity index (χ1n) is 4.70. The minimum atomic E-state index is -0.712. The third-order valence-electron chi connectivity index (χ3n) is 2.11. The van der Waals surface area contributed by atoms with E-state index >= 15 is 0 Å². The number of anilines is 1. The van der Waals surface area contributed by atoms with Crippen LogP contribution in [0, 0.1) is 0 Å². The van der Waals surface area contributed by atoms with E-state index in [0.29, 0.717) is 0 Å². The topological polar surface area (TPSA) is 66.4 Å². The molecule has 4 heteroatoms. The molecule has 80 valence electrons. The van der Waals surface area contributed by atoms with E-state index in [-0.39, 0.29) is 11.5 Å². The Hall–Kier alpha value is -2.36. The van der Waals surface area contributed by atoms with Gasteiger partial charge in [0.15, 0.2) is 0 Å². The number of ketones is 2. The third-order valence-corrected chi connectivity index (χ3v) is 2.11. The van der Waals surface area contributed by atoms with E-state index in [9.17, 15) is 14.7 Å². The highest BCUT2D eigenvalue weighted by atomic mass is 16.3. The van der Waals surface area contributed by atoms with Gasteiger partial charge in [-0.25, -0.2) is 0 Å². The Balaban J connectivity index is 2.23. The summed E-state index contributed by atoms with van der Waals surface area (Å²) < 4.78 is 0. The van der Waals surface area contributed by atoms with Crippen molar-refractivity contribution in [1.29, 1.82) is 0 Å². The zero-order chi connectivity index (χ0) is 11.5. The molecule has 2 N–H and O–H groups in total. The van der Waals surface area contributed by atoms with Crippen LogP contribution in [0.4, 0.5) is 5.69 Å². The first-order chi connectivity index (χ1) is 7.66. The van der Waals surface area contributed by atoms with E-state index in [0.717, 1.165) is 17.8 Å². The highest BCUT2D eigenvalue weighted by Gasteiger charge is 2.19. The van der Waals surface area contributed by atoms with Crippen LogP contribution in [0.1, 0.15) is 0 Å². The molecule has 1 aliphatic carbocycles. The van der Waals surface area contributed by atoms with Crippen LogP contribution in [0.3, 0.4) is 0 Å². The maximum atomic E-state index is 11.1. The Morgan fingerprint density at radius 1 is 0.938 bits per heavy atom. The van der Waals surface area contributed by atoms with Crippen LogP contribution in [0.15, 0.2) is 53.9 Å². The number of benzene rings is 1. The molecular formula is C12H9NO3. The third kappa shape index (κ3) is 2.00. The number of carbonyl (C=O) groups is 2. The normalized spacial score (nSPS) is 15.5. The van der Waals surface area contributed by atoms with Crippen LogP contribution in [0.2, 0.25) is 0 Å². The highest BCUT2D eigenvalue weighted by molar-refractivity contribution is 6.46. The second kappa shape index (κ2) is 4.02. The second-order valence-corrected chi connectivity index (χ2v) is 3.31. The maximum absolute atomic E-state index is 11.1. The van der Waals surface area contributed by atoms with Gasteiger partial charge < -0.3 is 10.4 Å². The molecule has 4 nitrogen and oxygen atoms in total. The molecule has 0 atom stereocenters. The minimum Gasteiger partial charge on any atom is -0.506 e. The van der Waals surface area contributed by atoms with E-state index in [1.54, 1.807) is 12.1 Å². The fourth-order valence-electron chi connectivity index (χ4n) is 1.33. The molecule has 1 aromatic carbocycles. The van der Waals surface area contributed by atoms with Gasteiger partial charge in [0.05, 0.1) is 5.70 Å². The van der Waals surface area contributed by atoms with E-state index in [4.69, 9.17) is 0 Å². The number of para-hydroxylation sites is 1. The molecule has 0 amide bonds. The van der Waals surface area contributed by atoms with Crippen molar-refractivity contribution in [2.45, 2.75) is 0 Å². The minimum absolute atomic E-state index is 0.228. The van der Waals surface area contributed by atoms with Gasteiger partial charge in [0.2, 0.25) is 11.6 Å². The summed E-state index contributed by atoms with van der Waals surface area (Å²) in [6, 6.07) is 9.06. The first-order valence-corrected chi connectivity index (χ1v) is 4.70. The van der Waals surface area contributed by atoms with E-state index < -0.39 is 11.6 Å². The molecule has 0 heterocycles. The Labute approximate surface area is 91.9 Å². The number of carbonyl (C=O) groups excluding carboxylic acids is 2. The molecular weight excluding hydrogens is 206 g/mol. The molecule has 16 heavy (non-hydrogen) atoms. The van der Waals surface area contributed by atoms with Crippen molar-refractivity contribution in [3.63, 3.8) is 0 Å². The summed E-state index contributed by atoms with van der Waals surface area (Å²) in [5.74, 6) is -1.58. The van der Waals surface area contributed by atoms with Gasteiger partial charge in [-0.15, -0.1) is 0 Å². The standard InChI is InChI=1S/C12H9NO3/c14-10-7-12(16)11(15)6-9(10)13-8-4-2-1-3-5-8/h1-7,13-14H. The Kier molecular flexibility index (Phi) is 2.55. The lowest BCUT2D eigenvalue weighted by Crippen LogP contribution is -2.18. The molecule has 0 saturated carbocycles. The van der Waals surface area contributed by atoms with Crippen LogP contribution in [0.5, 0.6) is 0 Å². The van der Waals surface area contributed by atoms with E-state index in [2.05, 4.69) is 5.32 Å². The zero-order valence-corrected chi connectivity index (χ0v) is 8.31. The van der Waals surface area contributed by atoms with E-state index in [1.165, 1.54) is 0 Å². The predicted molar refractivity (Wildman–Crippen MR) is 58.9 cm³/mol. The highest BCUT2D eigenvalue weighted by Crippen LogP contribution is 2.16. The number of nitrogens with one attached hydrogen (secondary N) is 1. The Bertz CT molecular complexity index is 500. The van der Waals surface area contributed by atoms with Gasteiger partial charge in [-0.2, -0.15) is 0 Å². The maximum Gasteiger partial charge on any atom is 0.229 e. The average molecular weight is 215 g/mol. The second-order valence-electron chi connectivity index (χ2n) is 3.31. The van der Waals surface area contributed by atoms with Gasteiger partial charge in [-0.3, -0.25) is 9.59 Å². The average Bonchev–Trinajstić information content (AvgIpc) is 2.27. The number of hydrogen-bond donors (Lipinski definition) is 2. The Morgan fingerprint density at radius 2 is 1.56 bits per heavy atom. The Morgan fingerprint density at radius 3 is 2.25 bits per heavy atom. The van der Waals surface area contributed by atoms with Crippen LogP contribution in [-0.2, 0) is 9.59 Å². The lowest BCUT2D eigenvalue weighted by molar-refractivity contribution is -0.131. The van der Waals surface area contributed by atoms with Crippen LogP contribution < -0.4 is 5.32 Å². The summed E-state index contributed by atoms with van der Waals surface area (Å²) >= 11 is 0. The van der Waals surface area contributed by atoms with Crippen LogP contribution >= 0.6 is 0 Å². The molecule has 2 rings (SSSR count). The fraction of sp³-hybridized carbons (Fsp3) is 0. The number of rotatable bonds is 2. The molecule has 0 spiro atoms. The number of aliphatic hydroxyl groups excluding tert-OH is 1. The van der Waals surface area contributed by atoms with Crippen molar-refractivity contribution < 1.29 is 14.7 Å². The van der Waals surface area contributed by atoms with Gasteiger partial charge in [0, 0.05) is 17.8 Å². The number of hydrogen-bond acceptors (Lipinski definition) is 4. The predicted octanol–water partition coefficient (Wildman–Crippen LogP) is 1.58. The molecule has 0 unspecified atom stereocenters. The summed E-state index contributed by atoms with van der Waals surface area (Å²) in [5.41, 5.74) is 0.964. The van der Waals surface area contributed by atoms with Crippen molar-refractivity contribution in [2.75, 3.05) is 5.32 Å². The SMILES string of the molecule is O=C1C=C(O)C(Nc2ccccc2)=CC1=O. The quantitative estimate of drug-likeness (QED) is 0.580. The molecule has 0 aromatic heterocycles. The molecule has 1 aromatic rings. The molecule has 0 aliphatic heterocycles. The van der Waals surface area contributed by atoms with E-state index in [1.807, 2.05) is 18.2 Å². The van der Waals surface area contributed by atoms with Crippen LogP contribution in [-0.4, -0.2) is 16.7 Å². The summed E-state index contributed by atoms with van der Waals surface area (Å²) in [6.07, 6.45) is 2.00. The number of aliphatic hydroxyl groups is 1. The fourth-order valence-corrected chi connectivity index (χ4v) is 1.33. The van der Waals surface area contributed by atoms with Crippen LogP contribution in [0.25, 0.3) is 0 Å². The number of allylic oxidation sites excluding steroid dienone is 2. The largest absolute Gasteiger partial charge is 0.506 e. The smallest absolute Gasteiger partial charge is 0.229 e. The van der Waals surface area contributed by atoms with Gasteiger partial charge in [0.1, 0.15) is 5.76 Å². The van der Waals surface area contributed by atoms with Gasteiger partial charge >= 0.3 is 0 Å². The van der Waals surface area contributed by atoms with Crippen molar-refractivity contribution in [2.24, 2.45) is 0 Å². The lowest BCUT2D eigenvalue weighted by atomic mass is 10.1. The zero-order valence-electron chi connectivity index (χ0n) is 8.31. The summed E-state index contributed by atoms with van der Waals surface area (Å²) in [5, 5.41) is 12.3. The first kappa shape index (κ1) is 10.2. The van der Waals surface area contributed by atoms with Gasteiger partial charge in [-0.05, 0) is 12.1 Å². The van der Waals surface area contributed by atoms with Gasteiger partial charge in [-0.1, -0.05) is 18.2 Å². The van der Waals surface area contributed by atoms with Crippen molar-refractivity contribution in [1.82, 2.24) is 0 Å². The summed E-state index contributed by atoms with van der Waals surface area (Å²) in [6.45, 7) is 0. The summed E-state index contributed by atoms with van der Waals surface area (Å²) in [7, 11) is 0. The van der Waals surface area contributed by atoms with Crippen molar-refractivity contribution >= 4 is 17.3 Å². The van der Waals surface area contributed by atoms with Gasteiger partial charge in [0.25, 0.3) is 0 Å². The molecule has 0 saturated heterocycles. The van der Waals surface area contributed by atoms with Crippen molar-refractivity contribution in [3.8, 4) is 0 Å². The molecule has 1 aliphatic rings. The van der Waals surface area contributed by atoms with Crippen molar-refractivity contribution in [3.05, 3.63) is 53.9 Å². The summed E-state index contributed by atoms with van der Waals surface area (Å²) in [4.78, 5) is 22.1. The lowest BCUT2D eigenvalue weighted by Gasteiger charge is -2.12. The molecule has 0 radical (unpaired) electrons. The molecule has 0 fully saturated rings. The monoisotopic (exact) mass is 215 g/mol.